The van der Waals surface area contributed by atoms with Crippen molar-refractivity contribution in [3.05, 3.63) is 36.2 Å². The first kappa shape index (κ1) is 18.4. The van der Waals surface area contributed by atoms with E-state index in [1.807, 2.05) is 39.3 Å². The molecule has 7 nitrogen and oxygen atoms in total. The summed E-state index contributed by atoms with van der Waals surface area (Å²) in [5.74, 6) is 1.77. The van der Waals surface area contributed by atoms with E-state index in [0.29, 0.717) is 19.8 Å². The van der Waals surface area contributed by atoms with Crippen LogP contribution in [0, 0.1) is 0 Å². The minimum Gasteiger partial charge on any atom is -0.494 e. The van der Waals surface area contributed by atoms with Crippen molar-refractivity contribution < 1.29 is 19.3 Å². The highest BCUT2D eigenvalue weighted by atomic mass is 16.6. The highest BCUT2D eigenvalue weighted by Gasteiger charge is 2.48. The van der Waals surface area contributed by atoms with Crippen LogP contribution in [0.25, 0.3) is 11.4 Å². The van der Waals surface area contributed by atoms with E-state index in [-0.39, 0.29) is 18.2 Å². The van der Waals surface area contributed by atoms with Gasteiger partial charge in [0.25, 0.3) is 0 Å². The minimum atomic E-state index is -0.552. The van der Waals surface area contributed by atoms with Gasteiger partial charge >= 0.3 is 0 Å². The lowest BCUT2D eigenvalue weighted by Gasteiger charge is -2.20. The molecule has 2 aliphatic heterocycles. The number of aliphatic hydroxyl groups excluding tert-OH is 1. The molecule has 0 spiro atoms. The smallest absolute Gasteiger partial charge is 0.140 e. The molecule has 4 rings (SSSR count). The number of nitrogens with zero attached hydrogens (tertiary/aromatic N) is 3. The molecule has 3 heterocycles. The molecule has 7 heteroatoms. The van der Waals surface area contributed by atoms with Crippen molar-refractivity contribution in [3.63, 3.8) is 0 Å². The van der Waals surface area contributed by atoms with Crippen LogP contribution in [0.15, 0.2) is 30.6 Å². The highest BCUT2D eigenvalue weighted by Crippen LogP contribution is 2.37. The topological polar surface area (TPSA) is 69.0 Å². The Morgan fingerprint density at radius 1 is 1.26 bits per heavy atom. The number of hydrogen-bond acceptors (Lipinski definition) is 6. The lowest BCUT2D eigenvalue weighted by molar-refractivity contribution is 0.0172. The number of ether oxygens (including phenoxy) is 3. The van der Waals surface area contributed by atoms with Gasteiger partial charge in [-0.15, -0.1) is 0 Å². The molecule has 146 valence electrons. The molecule has 0 bridgehead atoms. The van der Waals surface area contributed by atoms with Crippen molar-refractivity contribution in [1.82, 2.24) is 14.5 Å². The summed E-state index contributed by atoms with van der Waals surface area (Å²) in [4.78, 5) is 6.72. The van der Waals surface area contributed by atoms with Crippen LogP contribution >= 0.6 is 0 Å². The summed E-state index contributed by atoms with van der Waals surface area (Å²) < 4.78 is 19.5. The molecule has 2 aliphatic rings. The normalized spacial score (nSPS) is 27.3. The van der Waals surface area contributed by atoms with Crippen molar-refractivity contribution in [2.24, 2.45) is 0 Å². The van der Waals surface area contributed by atoms with Gasteiger partial charge in [-0.05, 0) is 39.2 Å². The number of imidazole rings is 1. The molecule has 0 unspecified atom stereocenters. The summed E-state index contributed by atoms with van der Waals surface area (Å²) in [5, 5.41) is 10.0. The van der Waals surface area contributed by atoms with Gasteiger partial charge in [-0.3, -0.25) is 0 Å². The van der Waals surface area contributed by atoms with Gasteiger partial charge in [-0.1, -0.05) is 0 Å². The summed E-state index contributed by atoms with van der Waals surface area (Å²) in [6.45, 7) is 4.25. The monoisotopic (exact) mass is 373 g/mol. The van der Waals surface area contributed by atoms with E-state index in [2.05, 4.69) is 20.5 Å². The molecular formula is C20H27N3O4. The van der Waals surface area contributed by atoms with Crippen LogP contribution in [0.1, 0.15) is 18.5 Å². The van der Waals surface area contributed by atoms with Crippen LogP contribution in [-0.2, 0) is 16.0 Å². The molecule has 2 fully saturated rings. The summed E-state index contributed by atoms with van der Waals surface area (Å²) >= 11 is 0. The van der Waals surface area contributed by atoms with Gasteiger partial charge in [-0.2, -0.15) is 0 Å². The molecule has 2 aromatic rings. The van der Waals surface area contributed by atoms with Crippen molar-refractivity contribution in [1.29, 1.82) is 0 Å². The molecule has 0 radical (unpaired) electrons. The number of rotatable bonds is 6. The van der Waals surface area contributed by atoms with Gasteiger partial charge in [0.05, 0.1) is 25.9 Å². The summed E-state index contributed by atoms with van der Waals surface area (Å²) in [6, 6.07) is 6.20. The fourth-order valence-electron chi connectivity index (χ4n) is 3.98. The van der Waals surface area contributed by atoms with Crippen LogP contribution in [0.3, 0.4) is 0 Å². The zero-order chi connectivity index (χ0) is 19.0. The van der Waals surface area contributed by atoms with Gasteiger partial charge in [0.1, 0.15) is 29.9 Å². The van der Waals surface area contributed by atoms with E-state index in [4.69, 9.17) is 14.2 Å². The van der Waals surface area contributed by atoms with E-state index in [0.717, 1.165) is 29.2 Å². The zero-order valence-electron chi connectivity index (χ0n) is 16.0. The largest absolute Gasteiger partial charge is 0.494 e. The third-order valence-electron chi connectivity index (χ3n) is 5.13. The molecule has 0 aliphatic carbocycles. The Bertz CT molecular complexity index is 791. The predicted molar refractivity (Wildman–Crippen MR) is 101 cm³/mol. The van der Waals surface area contributed by atoms with Crippen LogP contribution < -0.4 is 4.74 Å². The van der Waals surface area contributed by atoms with Crippen LogP contribution in [-0.4, -0.2) is 71.8 Å². The first-order chi connectivity index (χ1) is 13.1. The standard InChI is InChI=1S/C20H27N3O4/c1-4-25-17-6-5-13(9-14(17)10-22(2)3)20-21-7-8-23(20)15-11-26-19-16(24)12-27-18(15)19/h5-9,15-16,18-19,24H,4,10-12H2,1-3H3/t15-,16+,18+,19+/m0/s1. The van der Waals surface area contributed by atoms with Gasteiger partial charge < -0.3 is 28.8 Å². The maximum absolute atomic E-state index is 10.0. The van der Waals surface area contributed by atoms with Gasteiger partial charge in [0.15, 0.2) is 0 Å². The van der Waals surface area contributed by atoms with Crippen molar-refractivity contribution in [2.45, 2.75) is 37.8 Å². The highest BCUT2D eigenvalue weighted by molar-refractivity contribution is 5.59. The van der Waals surface area contributed by atoms with E-state index >= 15 is 0 Å². The van der Waals surface area contributed by atoms with E-state index in [9.17, 15) is 5.11 Å². The van der Waals surface area contributed by atoms with E-state index in [1.54, 1.807) is 6.20 Å². The molecule has 0 saturated carbocycles. The van der Waals surface area contributed by atoms with Crippen LogP contribution in [0.2, 0.25) is 0 Å². The fourth-order valence-corrected chi connectivity index (χ4v) is 3.98. The molecule has 4 atom stereocenters. The lowest BCUT2D eigenvalue weighted by Crippen LogP contribution is -2.30. The number of benzene rings is 1. The maximum atomic E-state index is 10.0. The molecule has 1 N–H and O–H groups in total. The Hall–Kier alpha value is -1.93. The number of aliphatic hydroxyl groups is 1. The van der Waals surface area contributed by atoms with Crippen LogP contribution in [0.4, 0.5) is 0 Å². The Kier molecular flexibility index (Phi) is 5.19. The molecule has 27 heavy (non-hydrogen) atoms. The first-order valence-corrected chi connectivity index (χ1v) is 9.43. The summed E-state index contributed by atoms with van der Waals surface area (Å²) in [6.07, 6.45) is 2.81. The Morgan fingerprint density at radius 3 is 2.85 bits per heavy atom. The number of aromatic nitrogens is 2. The minimum absolute atomic E-state index is 0.00789. The van der Waals surface area contributed by atoms with Crippen LogP contribution in [0.5, 0.6) is 5.75 Å². The second-order valence-corrected chi connectivity index (χ2v) is 7.38. The Labute approximate surface area is 159 Å². The average Bonchev–Trinajstić information content (AvgIpc) is 3.34. The predicted octanol–water partition coefficient (Wildman–Crippen LogP) is 1.71. The quantitative estimate of drug-likeness (QED) is 0.831. The third kappa shape index (κ3) is 3.48. The number of hydrogen-bond donors (Lipinski definition) is 1. The third-order valence-corrected chi connectivity index (χ3v) is 5.13. The number of fused-ring (bicyclic) bond motifs is 1. The molecule has 2 saturated heterocycles. The van der Waals surface area contributed by atoms with Gasteiger partial charge in [-0.25, -0.2) is 4.98 Å². The summed E-state index contributed by atoms with van der Waals surface area (Å²) in [7, 11) is 4.09. The Morgan fingerprint density at radius 2 is 2.07 bits per heavy atom. The SMILES string of the molecule is CCOc1ccc(-c2nccn2[C@H]2CO[C@H]3[C@@H]2OC[C@H]3O)cc1CN(C)C. The van der Waals surface area contributed by atoms with Gasteiger partial charge in [0.2, 0.25) is 0 Å². The maximum Gasteiger partial charge on any atom is 0.140 e. The Balaban J connectivity index is 1.66. The van der Waals surface area contributed by atoms with Crippen molar-refractivity contribution >= 4 is 0 Å². The lowest BCUT2D eigenvalue weighted by atomic mass is 10.1. The summed E-state index contributed by atoms with van der Waals surface area (Å²) in [5.41, 5.74) is 2.16. The second kappa shape index (κ2) is 7.59. The van der Waals surface area contributed by atoms with E-state index < -0.39 is 6.10 Å². The molecule has 1 aromatic carbocycles. The molecule has 1 aromatic heterocycles. The average molecular weight is 373 g/mol. The fraction of sp³-hybridized carbons (Fsp3) is 0.550. The molecular weight excluding hydrogens is 346 g/mol. The first-order valence-electron chi connectivity index (χ1n) is 9.43. The van der Waals surface area contributed by atoms with Crippen molar-refractivity contribution in [3.8, 4) is 17.1 Å². The van der Waals surface area contributed by atoms with E-state index in [1.165, 1.54) is 0 Å². The van der Waals surface area contributed by atoms with Gasteiger partial charge in [0, 0.05) is 30.1 Å². The zero-order valence-corrected chi connectivity index (χ0v) is 16.0. The second-order valence-electron chi connectivity index (χ2n) is 7.38. The molecule has 0 amide bonds. The van der Waals surface area contributed by atoms with Crippen molar-refractivity contribution in [2.75, 3.05) is 33.9 Å².